The number of hydrogen-bond acceptors (Lipinski definition) is 5. The molecule has 0 radical (unpaired) electrons. The molecule has 0 amide bonds. The molecule has 0 unspecified atom stereocenters. The first-order valence-corrected chi connectivity index (χ1v) is 7.71. The third-order valence-corrected chi connectivity index (χ3v) is 4.42. The lowest BCUT2D eigenvalue weighted by molar-refractivity contribution is 0.506. The van der Waals surface area contributed by atoms with Gasteiger partial charge >= 0.3 is 0 Å². The molecule has 21 heavy (non-hydrogen) atoms. The molecule has 0 aliphatic rings. The Bertz CT molecular complexity index is 788. The van der Waals surface area contributed by atoms with Crippen LogP contribution in [0.4, 0.5) is 5.69 Å². The maximum Gasteiger partial charge on any atom is 0.240 e. The third kappa shape index (κ3) is 3.42. The Morgan fingerprint density at radius 2 is 2.05 bits per heavy atom. The average molecular weight is 305 g/mol. The van der Waals surface area contributed by atoms with Gasteiger partial charge in [-0.1, -0.05) is 6.07 Å². The molecule has 2 rings (SSSR count). The first kappa shape index (κ1) is 15.1. The van der Waals surface area contributed by atoms with E-state index < -0.39 is 10.0 Å². The van der Waals surface area contributed by atoms with Gasteiger partial charge in [0.15, 0.2) is 0 Å². The van der Waals surface area contributed by atoms with Gasteiger partial charge in [0.25, 0.3) is 0 Å². The van der Waals surface area contributed by atoms with Crippen molar-refractivity contribution in [2.45, 2.75) is 18.4 Å². The van der Waals surface area contributed by atoms with Crippen molar-refractivity contribution in [3.8, 4) is 6.07 Å². The number of aryl methyl sites for hydroxylation is 1. The zero-order chi connectivity index (χ0) is 15.5. The van der Waals surface area contributed by atoms with Gasteiger partial charge in [-0.25, -0.2) is 13.1 Å². The summed E-state index contributed by atoms with van der Waals surface area (Å²) in [6.07, 6.45) is 0. The predicted octanol–water partition coefficient (Wildman–Crippen LogP) is 1.98. The van der Waals surface area contributed by atoms with Gasteiger partial charge in [0.05, 0.1) is 11.4 Å². The van der Waals surface area contributed by atoms with Crippen LogP contribution in [0.1, 0.15) is 17.1 Å². The molecule has 7 heteroatoms. The summed E-state index contributed by atoms with van der Waals surface area (Å²) in [5, 5.41) is 11.8. The summed E-state index contributed by atoms with van der Waals surface area (Å²) in [7, 11) is -2.11. The maximum absolute atomic E-state index is 11.8. The Kier molecular flexibility index (Phi) is 4.31. The number of benzene rings is 1. The first-order chi connectivity index (χ1) is 9.96. The summed E-state index contributed by atoms with van der Waals surface area (Å²) in [4.78, 5) is 0.190. The van der Waals surface area contributed by atoms with Crippen LogP contribution in [0.2, 0.25) is 0 Å². The SMILES string of the molecule is CNS(=O)(=O)c1ccc(C)c(NCc2ccc(C#N)o2)c1. The fourth-order valence-electron chi connectivity index (χ4n) is 1.79. The standard InChI is InChI=1S/C14H15N3O3S/c1-10-3-6-13(21(18,19)16-2)7-14(10)17-9-12-5-4-11(8-15)20-12/h3-7,16-17H,9H2,1-2H3. The van der Waals surface area contributed by atoms with Crippen molar-refractivity contribution in [3.05, 3.63) is 47.4 Å². The molecule has 0 bridgehead atoms. The monoisotopic (exact) mass is 305 g/mol. The molecule has 0 saturated heterocycles. The minimum Gasteiger partial charge on any atom is -0.449 e. The van der Waals surface area contributed by atoms with Crippen LogP contribution in [0.15, 0.2) is 39.6 Å². The minimum atomic E-state index is -3.48. The average Bonchev–Trinajstić information content (AvgIpc) is 2.94. The second kappa shape index (κ2) is 5.99. The number of nitriles is 1. The zero-order valence-electron chi connectivity index (χ0n) is 11.7. The first-order valence-electron chi connectivity index (χ1n) is 6.23. The zero-order valence-corrected chi connectivity index (χ0v) is 12.5. The van der Waals surface area contributed by atoms with E-state index >= 15 is 0 Å². The maximum atomic E-state index is 11.8. The van der Waals surface area contributed by atoms with Crippen LogP contribution in [0.3, 0.4) is 0 Å². The van der Waals surface area contributed by atoms with E-state index in [1.165, 1.54) is 7.05 Å². The minimum absolute atomic E-state index is 0.190. The fraction of sp³-hybridized carbons (Fsp3) is 0.214. The van der Waals surface area contributed by atoms with Crippen LogP contribution < -0.4 is 10.0 Å². The number of nitrogens with zero attached hydrogens (tertiary/aromatic N) is 1. The van der Waals surface area contributed by atoms with Crippen LogP contribution in [0.5, 0.6) is 0 Å². The van der Waals surface area contributed by atoms with Crippen LogP contribution in [0, 0.1) is 18.3 Å². The van der Waals surface area contributed by atoms with E-state index in [2.05, 4.69) is 10.0 Å². The fourth-order valence-corrected chi connectivity index (χ4v) is 2.55. The van der Waals surface area contributed by atoms with Gasteiger partial charge in [-0.2, -0.15) is 5.26 Å². The number of sulfonamides is 1. The smallest absolute Gasteiger partial charge is 0.240 e. The summed E-state index contributed by atoms with van der Waals surface area (Å²) in [5.74, 6) is 0.850. The van der Waals surface area contributed by atoms with Gasteiger partial charge < -0.3 is 9.73 Å². The Morgan fingerprint density at radius 3 is 2.67 bits per heavy atom. The summed E-state index contributed by atoms with van der Waals surface area (Å²) in [5.41, 5.74) is 1.61. The van der Waals surface area contributed by atoms with Gasteiger partial charge in [0.2, 0.25) is 15.8 Å². The van der Waals surface area contributed by atoms with E-state index in [1.54, 1.807) is 30.3 Å². The Labute approximate surface area is 123 Å². The van der Waals surface area contributed by atoms with E-state index in [1.807, 2.05) is 13.0 Å². The molecule has 6 nitrogen and oxygen atoms in total. The topological polar surface area (TPSA) is 95.1 Å². The highest BCUT2D eigenvalue weighted by Gasteiger charge is 2.13. The van der Waals surface area contributed by atoms with Crippen LogP contribution in [-0.4, -0.2) is 15.5 Å². The summed E-state index contributed by atoms with van der Waals surface area (Å²) in [6, 6.07) is 10.0. The normalized spacial score (nSPS) is 11.1. The number of anilines is 1. The largest absolute Gasteiger partial charge is 0.449 e. The van der Waals surface area contributed by atoms with Crippen LogP contribution >= 0.6 is 0 Å². The third-order valence-electron chi connectivity index (χ3n) is 3.01. The summed E-state index contributed by atoms with van der Waals surface area (Å²) in [6.45, 7) is 2.24. The lowest BCUT2D eigenvalue weighted by Crippen LogP contribution is -2.18. The number of nitrogens with one attached hydrogen (secondary N) is 2. The molecule has 2 N–H and O–H groups in total. The molecule has 0 aliphatic heterocycles. The molecule has 0 fully saturated rings. The van der Waals surface area contributed by atoms with Gasteiger partial charge in [0, 0.05) is 5.69 Å². The molecule has 0 aliphatic carbocycles. The van der Waals surface area contributed by atoms with Crippen molar-refractivity contribution < 1.29 is 12.8 Å². The van der Waals surface area contributed by atoms with Crippen molar-refractivity contribution in [1.29, 1.82) is 5.26 Å². The summed E-state index contributed by atoms with van der Waals surface area (Å²) >= 11 is 0. The quantitative estimate of drug-likeness (QED) is 0.880. The molecule has 0 spiro atoms. The molecule has 1 heterocycles. The van der Waals surface area contributed by atoms with E-state index in [9.17, 15) is 8.42 Å². The molecule has 110 valence electrons. The van der Waals surface area contributed by atoms with Crippen molar-refractivity contribution in [2.75, 3.05) is 12.4 Å². The highest BCUT2D eigenvalue weighted by atomic mass is 32.2. The highest BCUT2D eigenvalue weighted by molar-refractivity contribution is 7.89. The second-order valence-corrected chi connectivity index (χ2v) is 6.30. The van der Waals surface area contributed by atoms with E-state index in [0.29, 0.717) is 18.0 Å². The van der Waals surface area contributed by atoms with Crippen molar-refractivity contribution >= 4 is 15.7 Å². The second-order valence-electron chi connectivity index (χ2n) is 4.42. The van der Waals surface area contributed by atoms with E-state index in [0.717, 1.165) is 5.56 Å². The van der Waals surface area contributed by atoms with Crippen LogP contribution in [-0.2, 0) is 16.6 Å². The van der Waals surface area contributed by atoms with Crippen molar-refractivity contribution in [1.82, 2.24) is 4.72 Å². The molecular weight excluding hydrogens is 290 g/mol. The Hall–Kier alpha value is -2.30. The Balaban J connectivity index is 2.20. The highest BCUT2D eigenvalue weighted by Crippen LogP contribution is 2.21. The van der Waals surface area contributed by atoms with Gasteiger partial charge in [-0.05, 0) is 43.8 Å². The lowest BCUT2D eigenvalue weighted by atomic mass is 10.2. The number of rotatable bonds is 5. The molecule has 1 aromatic carbocycles. The number of furan rings is 1. The van der Waals surface area contributed by atoms with Crippen molar-refractivity contribution in [2.24, 2.45) is 0 Å². The summed E-state index contributed by atoms with van der Waals surface area (Å²) < 4.78 is 31.1. The Morgan fingerprint density at radius 1 is 1.29 bits per heavy atom. The molecule has 0 atom stereocenters. The molecule has 2 aromatic rings. The van der Waals surface area contributed by atoms with Crippen LogP contribution in [0.25, 0.3) is 0 Å². The molecular formula is C14H15N3O3S. The predicted molar refractivity (Wildman–Crippen MR) is 78.2 cm³/mol. The van der Waals surface area contributed by atoms with E-state index in [-0.39, 0.29) is 10.7 Å². The molecule has 0 saturated carbocycles. The van der Waals surface area contributed by atoms with Crippen molar-refractivity contribution in [3.63, 3.8) is 0 Å². The molecule has 1 aromatic heterocycles. The van der Waals surface area contributed by atoms with Gasteiger partial charge in [-0.3, -0.25) is 0 Å². The lowest BCUT2D eigenvalue weighted by Gasteiger charge is -2.10. The van der Waals surface area contributed by atoms with E-state index in [4.69, 9.17) is 9.68 Å². The number of hydrogen-bond donors (Lipinski definition) is 2. The van der Waals surface area contributed by atoms with Gasteiger partial charge in [-0.15, -0.1) is 0 Å². The van der Waals surface area contributed by atoms with Gasteiger partial charge in [0.1, 0.15) is 11.8 Å².